The molecule has 0 amide bonds. The van der Waals surface area contributed by atoms with Crippen LogP contribution in [0, 0.1) is 6.92 Å². The molecule has 2 heterocycles. The van der Waals surface area contributed by atoms with Gasteiger partial charge >= 0.3 is 5.97 Å². The largest absolute Gasteiger partial charge is 0.478 e. The van der Waals surface area contributed by atoms with E-state index in [2.05, 4.69) is 23.3 Å². The van der Waals surface area contributed by atoms with E-state index in [0.29, 0.717) is 17.5 Å². The van der Waals surface area contributed by atoms with Gasteiger partial charge in [0.05, 0.1) is 5.56 Å². The van der Waals surface area contributed by atoms with Crippen molar-refractivity contribution in [3.63, 3.8) is 0 Å². The molecule has 5 nitrogen and oxygen atoms in total. The molecule has 3 rings (SSSR count). The molecule has 22 heavy (non-hydrogen) atoms. The van der Waals surface area contributed by atoms with E-state index >= 15 is 0 Å². The Hall–Kier alpha value is -1.59. The summed E-state index contributed by atoms with van der Waals surface area (Å²) in [6.45, 7) is 5.35. The molecule has 1 aromatic rings. The smallest absolute Gasteiger partial charge is 0.336 e. The van der Waals surface area contributed by atoms with Crippen molar-refractivity contribution in [1.29, 1.82) is 0 Å². The number of carboxylic acid groups (broad SMARTS) is 1. The first-order valence-corrected chi connectivity index (χ1v) is 7.97. The van der Waals surface area contributed by atoms with Gasteiger partial charge in [0.2, 0.25) is 0 Å². The van der Waals surface area contributed by atoms with Crippen LogP contribution in [0.5, 0.6) is 0 Å². The van der Waals surface area contributed by atoms with Gasteiger partial charge in [-0.1, -0.05) is 0 Å². The minimum absolute atomic E-state index is 0.420. The number of rotatable bonds is 4. The second-order valence-electron chi connectivity index (χ2n) is 6.33. The lowest BCUT2D eigenvalue weighted by Crippen LogP contribution is -2.40. The van der Waals surface area contributed by atoms with Crippen molar-refractivity contribution in [2.24, 2.45) is 0 Å². The fourth-order valence-corrected chi connectivity index (χ4v) is 3.34. The molecule has 0 spiro atoms. The molecule has 2 N–H and O–H groups in total. The van der Waals surface area contributed by atoms with Crippen molar-refractivity contribution in [3.8, 4) is 0 Å². The van der Waals surface area contributed by atoms with Crippen LogP contribution in [-0.2, 0) is 4.74 Å². The molecule has 2 aliphatic heterocycles. The highest BCUT2D eigenvalue weighted by molar-refractivity contribution is 5.91. The number of nitrogens with zero attached hydrogens (tertiary/aromatic N) is 1. The van der Waals surface area contributed by atoms with Crippen LogP contribution in [0.3, 0.4) is 0 Å². The van der Waals surface area contributed by atoms with Gasteiger partial charge in [-0.3, -0.25) is 0 Å². The Labute approximate surface area is 131 Å². The molecule has 120 valence electrons. The zero-order chi connectivity index (χ0) is 15.7. The maximum Gasteiger partial charge on any atom is 0.336 e. The Morgan fingerprint density at radius 3 is 2.55 bits per heavy atom. The van der Waals surface area contributed by atoms with E-state index in [4.69, 9.17) is 4.74 Å². The molecular weight excluding hydrogens is 280 g/mol. The van der Waals surface area contributed by atoms with Crippen LogP contribution < -0.4 is 10.2 Å². The fourth-order valence-electron chi connectivity index (χ4n) is 3.34. The third-order valence-corrected chi connectivity index (χ3v) is 5.00. The van der Waals surface area contributed by atoms with Crippen molar-refractivity contribution in [2.75, 3.05) is 38.3 Å². The Morgan fingerprint density at radius 1 is 1.32 bits per heavy atom. The maximum atomic E-state index is 11.6. The molecule has 2 fully saturated rings. The van der Waals surface area contributed by atoms with Gasteiger partial charge in [-0.25, -0.2) is 4.79 Å². The highest BCUT2D eigenvalue weighted by Crippen LogP contribution is 2.32. The summed E-state index contributed by atoms with van der Waals surface area (Å²) in [6.07, 6.45) is 1.99. The highest BCUT2D eigenvalue weighted by atomic mass is 16.5. The van der Waals surface area contributed by atoms with Gasteiger partial charge in [-0.05, 0) is 43.0 Å². The molecule has 0 saturated carbocycles. The number of hydrogen-bond acceptors (Lipinski definition) is 4. The van der Waals surface area contributed by atoms with Crippen LogP contribution in [0.2, 0.25) is 0 Å². The van der Waals surface area contributed by atoms with Gasteiger partial charge in [0.1, 0.15) is 0 Å². The predicted molar refractivity (Wildman–Crippen MR) is 86.0 cm³/mol. The molecule has 2 aliphatic rings. The predicted octanol–water partition coefficient (Wildman–Crippen LogP) is 2.00. The number of anilines is 1. The van der Waals surface area contributed by atoms with Gasteiger partial charge in [0, 0.05) is 51.0 Å². The number of ether oxygens (including phenoxy) is 1. The van der Waals surface area contributed by atoms with Crippen LogP contribution in [0.4, 0.5) is 5.69 Å². The monoisotopic (exact) mass is 304 g/mol. The summed E-state index contributed by atoms with van der Waals surface area (Å²) in [5.74, 6) is -0.409. The van der Waals surface area contributed by atoms with E-state index < -0.39 is 5.97 Å². The molecule has 0 bridgehead atoms. The first kappa shape index (κ1) is 15.3. The topological polar surface area (TPSA) is 61.8 Å². The number of carboxylic acids is 1. The molecule has 0 radical (unpaired) electrons. The van der Waals surface area contributed by atoms with Crippen LogP contribution in [0.15, 0.2) is 12.1 Å². The number of hydrogen-bond donors (Lipinski definition) is 2. The molecule has 1 aromatic carbocycles. The lowest BCUT2D eigenvalue weighted by molar-refractivity contribution is 0.0695. The first-order valence-electron chi connectivity index (χ1n) is 7.97. The number of aromatic carboxylic acids is 1. The highest BCUT2D eigenvalue weighted by Gasteiger charge is 2.26. The molecular formula is C17H24N2O3. The average molecular weight is 304 g/mol. The summed E-state index contributed by atoms with van der Waals surface area (Å²) in [7, 11) is 2.08. The summed E-state index contributed by atoms with van der Waals surface area (Å²) in [4.78, 5) is 13.8. The third-order valence-electron chi connectivity index (χ3n) is 5.00. The lowest BCUT2D eigenvalue weighted by Gasteiger charge is -2.35. The number of nitrogens with one attached hydrogen (secondary N) is 1. The van der Waals surface area contributed by atoms with Crippen molar-refractivity contribution in [1.82, 2.24) is 5.32 Å². The molecule has 2 saturated heterocycles. The summed E-state index contributed by atoms with van der Waals surface area (Å²) >= 11 is 0. The Morgan fingerprint density at radius 2 is 2.00 bits per heavy atom. The first-order chi connectivity index (χ1) is 10.6. The Kier molecular flexibility index (Phi) is 4.36. The fraction of sp³-hybridized carbons (Fsp3) is 0.588. The molecule has 0 unspecified atom stereocenters. The lowest BCUT2D eigenvalue weighted by atomic mass is 9.89. The van der Waals surface area contributed by atoms with Gasteiger partial charge in [-0.15, -0.1) is 0 Å². The van der Waals surface area contributed by atoms with Crippen molar-refractivity contribution in [3.05, 3.63) is 28.8 Å². The zero-order valence-electron chi connectivity index (χ0n) is 13.3. The normalized spacial score (nSPS) is 19.7. The standard InChI is InChI=1S/C17H24N2O3/c1-11-15(17(20)21)7-12(13-9-18-10-13)8-16(11)19(2)14-3-5-22-6-4-14/h7-8,13-14,18H,3-6,9-10H2,1-2H3,(H,20,21). The second kappa shape index (κ2) is 6.26. The summed E-state index contributed by atoms with van der Waals surface area (Å²) in [5, 5.41) is 12.8. The Bertz CT molecular complexity index is 563. The van der Waals surface area contributed by atoms with E-state index in [0.717, 1.165) is 56.0 Å². The molecule has 0 aliphatic carbocycles. The van der Waals surface area contributed by atoms with E-state index in [1.807, 2.05) is 13.0 Å². The van der Waals surface area contributed by atoms with E-state index in [9.17, 15) is 9.90 Å². The minimum Gasteiger partial charge on any atom is -0.478 e. The van der Waals surface area contributed by atoms with Crippen LogP contribution in [0.25, 0.3) is 0 Å². The van der Waals surface area contributed by atoms with E-state index in [1.54, 1.807) is 0 Å². The van der Waals surface area contributed by atoms with Gasteiger partial charge < -0.3 is 20.1 Å². The second-order valence-corrected chi connectivity index (χ2v) is 6.33. The van der Waals surface area contributed by atoms with E-state index in [-0.39, 0.29) is 0 Å². The van der Waals surface area contributed by atoms with Gasteiger partial charge in [0.25, 0.3) is 0 Å². The Balaban J connectivity index is 1.96. The van der Waals surface area contributed by atoms with Crippen molar-refractivity contribution < 1.29 is 14.6 Å². The van der Waals surface area contributed by atoms with Crippen LogP contribution in [0.1, 0.15) is 40.2 Å². The van der Waals surface area contributed by atoms with Crippen LogP contribution in [-0.4, -0.2) is 50.5 Å². The SMILES string of the molecule is Cc1c(C(=O)O)cc(C2CNC2)cc1N(C)C1CCOCC1. The van der Waals surface area contributed by atoms with Crippen molar-refractivity contribution in [2.45, 2.75) is 31.7 Å². The van der Waals surface area contributed by atoms with Gasteiger partial charge in [0.15, 0.2) is 0 Å². The number of carbonyl (C=O) groups is 1. The number of benzene rings is 1. The summed E-state index contributed by atoms with van der Waals surface area (Å²) in [5.41, 5.74) is 3.47. The molecule has 5 heteroatoms. The summed E-state index contributed by atoms with van der Waals surface area (Å²) < 4.78 is 5.44. The van der Waals surface area contributed by atoms with Crippen molar-refractivity contribution >= 4 is 11.7 Å². The maximum absolute atomic E-state index is 11.6. The quantitative estimate of drug-likeness (QED) is 0.891. The third kappa shape index (κ3) is 2.83. The van der Waals surface area contributed by atoms with E-state index in [1.165, 1.54) is 0 Å². The minimum atomic E-state index is -0.840. The van der Waals surface area contributed by atoms with Crippen LogP contribution >= 0.6 is 0 Å². The zero-order valence-corrected chi connectivity index (χ0v) is 13.3. The average Bonchev–Trinajstić information content (AvgIpc) is 2.47. The summed E-state index contributed by atoms with van der Waals surface area (Å²) in [6, 6.07) is 4.46. The molecule has 0 aromatic heterocycles. The van der Waals surface area contributed by atoms with Gasteiger partial charge in [-0.2, -0.15) is 0 Å². The molecule has 0 atom stereocenters.